The second-order valence-electron chi connectivity index (χ2n) is 15.3. The van der Waals surface area contributed by atoms with Crippen molar-refractivity contribution in [2.45, 2.75) is 75.8 Å². The first-order valence-corrected chi connectivity index (χ1v) is 20.4. The Hall–Kier alpha value is -6.29. The number of nitrogens with zero attached hydrogens (tertiary/aromatic N) is 1. The van der Waals surface area contributed by atoms with E-state index in [0.29, 0.717) is 35.5 Å². The summed E-state index contributed by atoms with van der Waals surface area (Å²) in [6.07, 6.45) is 0.519. The SMILES string of the molecule is CC1NC(=O)C(N(C)C(=O)C(CCCCN)NC(=O)c2ccc(-c3ccc(Cl)cc3)cc2)c2ccc(O)c(c2)-c2cc(ccc2O)CC(C(=O)NC(C)C(=O)C2CO2)NC1=O. The summed E-state index contributed by atoms with van der Waals surface area (Å²) in [5.41, 5.74) is 8.78. The molecule has 6 atom stereocenters. The molecule has 0 spiro atoms. The number of benzene rings is 4. The summed E-state index contributed by atoms with van der Waals surface area (Å²) >= 11 is 6.04. The zero-order valence-corrected chi connectivity index (χ0v) is 34.7. The summed E-state index contributed by atoms with van der Waals surface area (Å²) in [7, 11) is 1.39. The van der Waals surface area contributed by atoms with Crippen LogP contribution < -0.4 is 27.0 Å². The second kappa shape index (κ2) is 19.4. The number of Topliss-reactive ketones (excluding diaryl/α,β-unsaturated/α-hetero) is 1. The Kier molecular flexibility index (Phi) is 14.1. The predicted octanol–water partition coefficient (Wildman–Crippen LogP) is 3.53. The van der Waals surface area contributed by atoms with Gasteiger partial charge in [-0.1, -0.05) is 48.0 Å². The Morgan fingerprint density at radius 2 is 1.49 bits per heavy atom. The maximum absolute atomic E-state index is 14.5. The van der Waals surface area contributed by atoms with Crippen LogP contribution in [0.15, 0.2) is 84.9 Å². The van der Waals surface area contributed by atoms with Gasteiger partial charge in [0.1, 0.15) is 41.8 Å². The number of nitrogens with one attached hydrogen (secondary N) is 4. The van der Waals surface area contributed by atoms with Crippen LogP contribution >= 0.6 is 11.6 Å². The van der Waals surface area contributed by atoms with Gasteiger partial charge in [0, 0.05) is 35.2 Å². The Bertz CT molecular complexity index is 2300. The van der Waals surface area contributed by atoms with Crippen LogP contribution in [0, 0.1) is 0 Å². The number of amides is 5. The number of ketones is 1. The quantitative estimate of drug-likeness (QED) is 0.0764. The smallest absolute Gasteiger partial charge is 0.251 e. The average molecular weight is 853 g/mol. The Labute approximate surface area is 358 Å². The maximum atomic E-state index is 14.5. The minimum atomic E-state index is -1.43. The zero-order valence-electron chi connectivity index (χ0n) is 33.9. The van der Waals surface area contributed by atoms with Crippen LogP contribution in [-0.4, -0.2) is 101 Å². The predicted molar refractivity (Wildman–Crippen MR) is 227 cm³/mol. The van der Waals surface area contributed by atoms with Crippen molar-refractivity contribution in [1.29, 1.82) is 0 Å². The number of phenolic OH excluding ortho intramolecular Hbond substituents is 2. The molecule has 1 saturated heterocycles. The molecule has 0 saturated carbocycles. The van der Waals surface area contributed by atoms with Crippen molar-refractivity contribution in [3.63, 3.8) is 0 Å². The number of epoxide rings is 1. The number of carbonyl (C=O) groups excluding carboxylic acids is 6. The minimum Gasteiger partial charge on any atom is -0.507 e. The lowest BCUT2D eigenvalue weighted by Crippen LogP contribution is -2.57. The monoisotopic (exact) mass is 852 g/mol. The molecule has 6 rings (SSSR count). The summed E-state index contributed by atoms with van der Waals surface area (Å²) in [6, 6.07) is 16.8. The van der Waals surface area contributed by atoms with Gasteiger partial charge in [0.25, 0.3) is 5.91 Å². The lowest BCUT2D eigenvalue weighted by atomic mass is 9.93. The van der Waals surface area contributed by atoms with Crippen molar-refractivity contribution < 1.29 is 43.7 Å². The molecule has 4 aromatic rings. The van der Waals surface area contributed by atoms with Gasteiger partial charge in [-0.05, 0) is 110 Å². The number of carbonyl (C=O) groups is 6. The van der Waals surface area contributed by atoms with E-state index in [1.807, 2.05) is 12.1 Å². The van der Waals surface area contributed by atoms with Gasteiger partial charge in [-0.2, -0.15) is 0 Å². The number of ether oxygens (including phenoxy) is 1. The molecule has 16 heteroatoms. The normalized spacial score (nSPS) is 19.6. The first-order chi connectivity index (χ1) is 29.1. The van der Waals surface area contributed by atoms with Crippen LogP contribution in [0.5, 0.6) is 11.5 Å². The maximum Gasteiger partial charge on any atom is 0.251 e. The number of halogens is 1. The Morgan fingerprint density at radius 3 is 2.13 bits per heavy atom. The topological polar surface area (TPSA) is 233 Å². The standard InChI is InChI=1S/C45H49ClN6O9/c1-24(40(55)38-23-61-38)48-43(58)35-21-26-7-17-36(53)32(20-26)33-22-30(14-18-37(33)54)39(44(59)49-25(2)41(56)51-35)52(3)45(60)34(6-4-5-19-47)50-42(57)29-10-8-27(9-11-29)28-12-15-31(46)16-13-28/h7-18,20,22,24-25,34-35,38-39,53-54H,4-6,19,21,23,47H2,1-3H3,(H,48,58)(H,49,59)(H,50,57)(H,51,56). The van der Waals surface area contributed by atoms with Crippen LogP contribution in [0.3, 0.4) is 0 Å². The molecule has 15 nitrogen and oxygen atoms in total. The van der Waals surface area contributed by atoms with Crippen molar-refractivity contribution in [1.82, 2.24) is 26.2 Å². The zero-order chi connectivity index (χ0) is 44.0. The van der Waals surface area contributed by atoms with E-state index in [4.69, 9.17) is 22.1 Å². The summed E-state index contributed by atoms with van der Waals surface area (Å²) in [6.45, 7) is 3.53. The summed E-state index contributed by atoms with van der Waals surface area (Å²) in [5, 5.41) is 33.6. The molecule has 61 heavy (non-hydrogen) atoms. The molecule has 4 bridgehead atoms. The highest BCUT2D eigenvalue weighted by molar-refractivity contribution is 6.30. The highest BCUT2D eigenvalue weighted by atomic mass is 35.5. The van der Waals surface area contributed by atoms with E-state index in [-0.39, 0.29) is 53.4 Å². The molecule has 6 unspecified atom stereocenters. The van der Waals surface area contributed by atoms with Crippen molar-refractivity contribution in [3.8, 4) is 33.8 Å². The van der Waals surface area contributed by atoms with Crippen LogP contribution in [0.1, 0.15) is 60.6 Å². The molecule has 0 aliphatic carbocycles. The van der Waals surface area contributed by atoms with Crippen LogP contribution in [0.25, 0.3) is 22.3 Å². The van der Waals surface area contributed by atoms with Gasteiger partial charge in [0.15, 0.2) is 5.78 Å². The Morgan fingerprint density at radius 1 is 0.869 bits per heavy atom. The van der Waals surface area contributed by atoms with Gasteiger partial charge < -0.3 is 46.9 Å². The number of aromatic hydroxyl groups is 2. The van der Waals surface area contributed by atoms with E-state index in [0.717, 1.165) is 16.0 Å². The number of phenols is 2. The summed E-state index contributed by atoms with van der Waals surface area (Å²) in [5.74, 6) is -4.17. The second-order valence-corrected chi connectivity index (χ2v) is 15.8. The minimum absolute atomic E-state index is 0.0869. The molecule has 1 fully saturated rings. The van der Waals surface area contributed by atoms with E-state index in [1.54, 1.807) is 42.5 Å². The van der Waals surface area contributed by atoms with Crippen molar-refractivity contribution in [2.75, 3.05) is 20.2 Å². The highest BCUT2D eigenvalue weighted by Gasteiger charge is 2.38. The number of nitrogens with two attached hydrogens (primary N) is 1. The number of fused-ring (bicyclic) bond motifs is 5. The molecular weight excluding hydrogens is 804 g/mol. The molecule has 4 aromatic carbocycles. The van der Waals surface area contributed by atoms with Gasteiger partial charge in [-0.25, -0.2) is 0 Å². The Balaban J connectivity index is 1.31. The number of hydrogen-bond acceptors (Lipinski definition) is 10. The van der Waals surface area contributed by atoms with E-state index in [9.17, 15) is 39.0 Å². The van der Waals surface area contributed by atoms with Crippen LogP contribution in [0.4, 0.5) is 0 Å². The highest BCUT2D eigenvalue weighted by Crippen LogP contribution is 2.39. The molecule has 0 radical (unpaired) electrons. The largest absolute Gasteiger partial charge is 0.507 e. The third-order valence-electron chi connectivity index (χ3n) is 10.8. The van der Waals surface area contributed by atoms with Crippen LogP contribution in [-0.2, 0) is 35.1 Å². The molecule has 2 aliphatic heterocycles. The van der Waals surface area contributed by atoms with E-state index in [1.165, 1.54) is 51.2 Å². The third kappa shape index (κ3) is 10.7. The number of hydrogen-bond donors (Lipinski definition) is 7. The van der Waals surface area contributed by atoms with Crippen LogP contribution in [0.2, 0.25) is 5.02 Å². The molecule has 5 amide bonds. The third-order valence-corrected chi connectivity index (χ3v) is 11.1. The molecule has 0 aromatic heterocycles. The van der Waals surface area contributed by atoms with Crippen molar-refractivity contribution in [2.24, 2.45) is 5.73 Å². The molecule has 320 valence electrons. The summed E-state index contributed by atoms with van der Waals surface area (Å²) < 4.78 is 5.07. The summed E-state index contributed by atoms with van der Waals surface area (Å²) in [4.78, 5) is 83.7. The van der Waals surface area contributed by atoms with Gasteiger partial charge in [0.05, 0.1) is 12.6 Å². The number of likely N-dealkylation sites (N-methyl/N-ethyl adjacent to an activating group) is 1. The molecular formula is C45H49ClN6O9. The van der Waals surface area contributed by atoms with E-state index < -0.39 is 65.8 Å². The lowest BCUT2D eigenvalue weighted by Gasteiger charge is -2.32. The first-order valence-electron chi connectivity index (χ1n) is 20.0. The van der Waals surface area contributed by atoms with Crippen molar-refractivity contribution >= 4 is 46.9 Å². The molecule has 8 N–H and O–H groups in total. The fourth-order valence-corrected chi connectivity index (χ4v) is 7.34. The molecule has 2 heterocycles. The van der Waals surface area contributed by atoms with Gasteiger partial charge in [-0.15, -0.1) is 0 Å². The lowest BCUT2D eigenvalue weighted by molar-refractivity contribution is -0.141. The fraction of sp³-hybridized carbons (Fsp3) is 0.333. The van der Waals surface area contributed by atoms with E-state index in [2.05, 4.69) is 21.3 Å². The van der Waals surface area contributed by atoms with E-state index >= 15 is 0 Å². The van der Waals surface area contributed by atoms with Gasteiger partial charge in [0.2, 0.25) is 23.6 Å². The fourth-order valence-electron chi connectivity index (χ4n) is 7.21. The van der Waals surface area contributed by atoms with Gasteiger partial charge >= 0.3 is 0 Å². The number of rotatable bonds is 13. The van der Waals surface area contributed by atoms with Crippen molar-refractivity contribution in [3.05, 3.63) is 107 Å². The average Bonchev–Trinajstić information content (AvgIpc) is 4.10. The molecule has 2 aliphatic rings. The van der Waals surface area contributed by atoms with Gasteiger partial charge in [-0.3, -0.25) is 28.8 Å². The first kappa shape index (κ1) is 44.3. The number of unbranched alkanes of at least 4 members (excludes halogenated alkanes) is 1.